The van der Waals surface area contributed by atoms with E-state index in [0.717, 1.165) is 15.2 Å². The molecule has 3 rings (SSSR count). The van der Waals surface area contributed by atoms with Gasteiger partial charge >= 0.3 is 0 Å². The van der Waals surface area contributed by atoms with Crippen LogP contribution >= 0.6 is 11.3 Å². The Labute approximate surface area is 126 Å². The maximum atomic E-state index is 12.2. The second-order valence-corrected chi connectivity index (χ2v) is 5.42. The molecule has 1 N–H and O–H groups in total. The van der Waals surface area contributed by atoms with Gasteiger partial charge in [-0.25, -0.2) is 4.98 Å². The molecule has 1 amide bonds. The Morgan fingerprint density at radius 3 is 2.95 bits per heavy atom. The van der Waals surface area contributed by atoms with Crippen LogP contribution in [0.25, 0.3) is 20.9 Å². The molecule has 0 fully saturated rings. The number of thiazole rings is 1. The van der Waals surface area contributed by atoms with Crippen molar-refractivity contribution in [3.63, 3.8) is 0 Å². The molecule has 0 aliphatic heterocycles. The summed E-state index contributed by atoms with van der Waals surface area (Å²) in [5.74, 6) is -0.169. The number of hydrogen-bond donors (Lipinski definition) is 1. The van der Waals surface area contributed by atoms with Crippen LogP contribution in [0.15, 0.2) is 55.3 Å². The van der Waals surface area contributed by atoms with E-state index in [9.17, 15) is 4.79 Å². The zero-order valence-electron chi connectivity index (χ0n) is 11.2. The van der Waals surface area contributed by atoms with Gasteiger partial charge in [-0.2, -0.15) is 0 Å². The summed E-state index contributed by atoms with van der Waals surface area (Å²) in [5.41, 5.74) is 2.05. The molecule has 104 valence electrons. The predicted octanol–water partition coefficient (Wildman–Crippen LogP) is 3.27. The van der Waals surface area contributed by atoms with E-state index in [1.807, 2.05) is 24.3 Å². The highest BCUT2D eigenvalue weighted by molar-refractivity contribution is 7.21. The lowest BCUT2D eigenvalue weighted by Gasteiger charge is -2.05. The summed E-state index contributed by atoms with van der Waals surface area (Å²) >= 11 is 1.53. The monoisotopic (exact) mass is 295 g/mol. The predicted molar refractivity (Wildman–Crippen MR) is 85.4 cm³/mol. The minimum Gasteiger partial charge on any atom is -0.349 e. The summed E-state index contributed by atoms with van der Waals surface area (Å²) in [5, 5.41) is 3.52. The van der Waals surface area contributed by atoms with Crippen molar-refractivity contribution >= 4 is 27.5 Å². The molecule has 0 saturated carbocycles. The minimum absolute atomic E-state index is 0.169. The Morgan fingerprint density at radius 1 is 1.29 bits per heavy atom. The van der Waals surface area contributed by atoms with Crippen molar-refractivity contribution in [2.75, 3.05) is 6.54 Å². The molecule has 1 aromatic carbocycles. The molecule has 0 unspecified atom stereocenters. The van der Waals surface area contributed by atoms with E-state index in [2.05, 4.69) is 21.9 Å². The molecular formula is C16H13N3OS. The van der Waals surface area contributed by atoms with Gasteiger partial charge in [0.1, 0.15) is 10.7 Å². The number of rotatable bonds is 4. The number of hydrogen-bond acceptors (Lipinski definition) is 4. The van der Waals surface area contributed by atoms with Crippen LogP contribution in [0.3, 0.4) is 0 Å². The lowest BCUT2D eigenvalue weighted by atomic mass is 10.2. The van der Waals surface area contributed by atoms with E-state index in [1.54, 1.807) is 24.4 Å². The fourth-order valence-electron chi connectivity index (χ4n) is 1.99. The number of carbonyl (C=O) groups excluding carboxylic acids is 1. The van der Waals surface area contributed by atoms with Gasteiger partial charge < -0.3 is 5.32 Å². The summed E-state index contributed by atoms with van der Waals surface area (Å²) in [6.07, 6.45) is 3.32. The van der Waals surface area contributed by atoms with Gasteiger partial charge in [-0.3, -0.25) is 9.78 Å². The highest BCUT2D eigenvalue weighted by Crippen LogP contribution is 2.30. The molecule has 0 atom stereocenters. The van der Waals surface area contributed by atoms with Crippen LogP contribution < -0.4 is 5.32 Å². The normalized spacial score (nSPS) is 10.5. The summed E-state index contributed by atoms with van der Waals surface area (Å²) in [6.45, 7) is 4.02. The third kappa shape index (κ3) is 2.68. The number of nitrogens with zero attached hydrogens (tertiary/aromatic N) is 2. The van der Waals surface area contributed by atoms with E-state index < -0.39 is 0 Å². The third-order valence-electron chi connectivity index (χ3n) is 2.96. The molecule has 0 spiro atoms. The van der Waals surface area contributed by atoms with Gasteiger partial charge in [-0.05, 0) is 24.3 Å². The first kappa shape index (κ1) is 13.5. The second-order valence-electron chi connectivity index (χ2n) is 4.39. The zero-order chi connectivity index (χ0) is 14.7. The minimum atomic E-state index is -0.169. The van der Waals surface area contributed by atoms with Gasteiger partial charge in [0.25, 0.3) is 5.91 Å². The van der Waals surface area contributed by atoms with E-state index in [-0.39, 0.29) is 5.91 Å². The number of pyridine rings is 1. The fraction of sp³-hybridized carbons (Fsp3) is 0.0625. The van der Waals surface area contributed by atoms with E-state index in [0.29, 0.717) is 17.8 Å². The molecule has 0 bridgehead atoms. The molecule has 5 heteroatoms. The lowest BCUT2D eigenvalue weighted by Crippen LogP contribution is -2.24. The Balaban J connectivity index is 2.05. The Bertz CT molecular complexity index is 777. The SMILES string of the molecule is C=CCNC(=O)c1cccnc1-c1nc2ccccc2s1. The number of nitrogens with one attached hydrogen (secondary N) is 1. The van der Waals surface area contributed by atoms with Crippen LogP contribution in [0, 0.1) is 0 Å². The van der Waals surface area contributed by atoms with Crippen LogP contribution in [-0.2, 0) is 0 Å². The van der Waals surface area contributed by atoms with E-state index in [4.69, 9.17) is 0 Å². The van der Waals surface area contributed by atoms with Crippen molar-refractivity contribution in [2.45, 2.75) is 0 Å². The molecule has 2 aromatic heterocycles. The van der Waals surface area contributed by atoms with Crippen molar-refractivity contribution in [3.05, 3.63) is 60.8 Å². The smallest absolute Gasteiger partial charge is 0.253 e. The third-order valence-corrected chi connectivity index (χ3v) is 4.00. The van der Waals surface area contributed by atoms with Crippen molar-refractivity contribution < 1.29 is 4.79 Å². The second kappa shape index (κ2) is 5.85. The number of para-hydroxylation sites is 1. The molecule has 4 nitrogen and oxygen atoms in total. The van der Waals surface area contributed by atoms with Crippen molar-refractivity contribution in [2.24, 2.45) is 0 Å². The van der Waals surface area contributed by atoms with Gasteiger partial charge in [-0.15, -0.1) is 17.9 Å². The van der Waals surface area contributed by atoms with Gasteiger partial charge in [0, 0.05) is 12.7 Å². The van der Waals surface area contributed by atoms with Gasteiger partial charge in [0.05, 0.1) is 15.8 Å². The fourth-order valence-corrected chi connectivity index (χ4v) is 2.97. The number of amides is 1. The molecule has 0 aliphatic carbocycles. The zero-order valence-corrected chi connectivity index (χ0v) is 12.1. The quantitative estimate of drug-likeness (QED) is 0.752. The molecule has 2 heterocycles. The van der Waals surface area contributed by atoms with Crippen molar-refractivity contribution in [1.82, 2.24) is 15.3 Å². The maximum absolute atomic E-state index is 12.2. The summed E-state index contributed by atoms with van der Waals surface area (Å²) in [6, 6.07) is 11.4. The first-order valence-electron chi connectivity index (χ1n) is 6.49. The first-order chi connectivity index (χ1) is 10.3. The maximum Gasteiger partial charge on any atom is 0.253 e. The molecule has 3 aromatic rings. The lowest BCUT2D eigenvalue weighted by molar-refractivity contribution is 0.0958. The van der Waals surface area contributed by atoms with Crippen molar-refractivity contribution in [1.29, 1.82) is 0 Å². The molecule has 0 aliphatic rings. The number of carbonyl (C=O) groups is 1. The molecule has 0 saturated heterocycles. The average molecular weight is 295 g/mol. The average Bonchev–Trinajstić information content (AvgIpc) is 2.96. The Kier molecular flexibility index (Phi) is 3.75. The highest BCUT2D eigenvalue weighted by atomic mass is 32.1. The first-order valence-corrected chi connectivity index (χ1v) is 7.31. The van der Waals surface area contributed by atoms with Crippen LogP contribution in [0.1, 0.15) is 10.4 Å². The summed E-state index contributed by atoms with van der Waals surface area (Å²) in [4.78, 5) is 21.1. The Morgan fingerprint density at radius 2 is 2.14 bits per heavy atom. The van der Waals surface area contributed by atoms with E-state index >= 15 is 0 Å². The number of aromatic nitrogens is 2. The van der Waals surface area contributed by atoms with Gasteiger partial charge in [0.15, 0.2) is 0 Å². The molecular weight excluding hydrogens is 282 g/mol. The summed E-state index contributed by atoms with van der Waals surface area (Å²) < 4.78 is 1.08. The largest absolute Gasteiger partial charge is 0.349 e. The number of benzene rings is 1. The number of fused-ring (bicyclic) bond motifs is 1. The highest BCUT2D eigenvalue weighted by Gasteiger charge is 2.16. The van der Waals surface area contributed by atoms with Crippen LogP contribution in [-0.4, -0.2) is 22.4 Å². The van der Waals surface area contributed by atoms with Crippen molar-refractivity contribution in [3.8, 4) is 10.7 Å². The molecule has 0 radical (unpaired) electrons. The Hall–Kier alpha value is -2.53. The topological polar surface area (TPSA) is 54.9 Å². The van der Waals surface area contributed by atoms with E-state index in [1.165, 1.54) is 11.3 Å². The summed E-state index contributed by atoms with van der Waals surface area (Å²) in [7, 11) is 0. The van der Waals surface area contributed by atoms with Gasteiger partial charge in [-0.1, -0.05) is 18.2 Å². The van der Waals surface area contributed by atoms with Crippen LogP contribution in [0.4, 0.5) is 0 Å². The van der Waals surface area contributed by atoms with Crippen LogP contribution in [0.2, 0.25) is 0 Å². The standard InChI is InChI=1S/C16H13N3OS/c1-2-9-18-15(20)11-6-5-10-17-14(11)16-19-12-7-3-4-8-13(12)21-16/h2-8,10H,1,9H2,(H,18,20). The van der Waals surface area contributed by atoms with Crippen LogP contribution in [0.5, 0.6) is 0 Å². The molecule has 21 heavy (non-hydrogen) atoms. The van der Waals surface area contributed by atoms with Gasteiger partial charge in [0.2, 0.25) is 0 Å².